The van der Waals surface area contributed by atoms with Crippen molar-refractivity contribution in [3.63, 3.8) is 0 Å². The number of hydrogen-bond acceptors (Lipinski definition) is 1. The Morgan fingerprint density at radius 3 is 2.62 bits per heavy atom. The summed E-state index contributed by atoms with van der Waals surface area (Å²) in [6.07, 6.45) is 0. The highest BCUT2D eigenvalue weighted by Crippen LogP contribution is 2.07. The molecule has 46 valence electrons. The maximum Gasteiger partial charge on any atom is 0.0215 e. The first-order valence-corrected chi connectivity index (χ1v) is 4.30. The summed E-state index contributed by atoms with van der Waals surface area (Å²) < 4.78 is 1.11. The van der Waals surface area contributed by atoms with Gasteiger partial charge in [-0.25, -0.2) is 0 Å². The van der Waals surface area contributed by atoms with Crippen molar-refractivity contribution in [1.29, 1.82) is 0 Å². The maximum absolute atomic E-state index is 3.90. The van der Waals surface area contributed by atoms with Gasteiger partial charge in [-0.1, -0.05) is 34.7 Å². The smallest absolute Gasteiger partial charge is 0.0215 e. The fourth-order valence-electron chi connectivity index (χ4n) is 0.587. The van der Waals surface area contributed by atoms with Gasteiger partial charge in [-0.05, 0) is 0 Å². The van der Waals surface area contributed by atoms with Crippen molar-refractivity contribution >= 4 is 22.6 Å². The lowest BCUT2D eigenvalue weighted by atomic mass is 10.3. The predicted octanol–water partition coefficient (Wildman–Crippen LogP) is 1.29. The van der Waals surface area contributed by atoms with Gasteiger partial charge in [0.25, 0.3) is 0 Å². The quantitative estimate of drug-likeness (QED) is 0.301. The van der Waals surface area contributed by atoms with Crippen LogP contribution in [0, 0.1) is 0 Å². The number of halogens is 1. The van der Waals surface area contributed by atoms with Crippen LogP contribution in [-0.2, 0) is 0 Å². The molecule has 1 rings (SSSR count). The van der Waals surface area contributed by atoms with E-state index in [1.54, 1.807) is 0 Å². The van der Waals surface area contributed by atoms with Gasteiger partial charge in [-0.15, -0.1) is 0 Å². The van der Waals surface area contributed by atoms with E-state index < -0.39 is 0 Å². The van der Waals surface area contributed by atoms with Gasteiger partial charge in [0.15, 0.2) is 0 Å². The van der Waals surface area contributed by atoms with Crippen LogP contribution in [0.3, 0.4) is 0 Å². The van der Waals surface area contributed by atoms with Crippen LogP contribution >= 0.6 is 22.6 Å². The Morgan fingerprint density at radius 2 is 2.25 bits per heavy atom. The van der Waals surface area contributed by atoms with Crippen LogP contribution < -0.4 is 0 Å². The molecule has 0 atom stereocenters. The van der Waals surface area contributed by atoms with E-state index in [-0.39, 0.29) is 0 Å². The van der Waals surface area contributed by atoms with Crippen LogP contribution in [0.1, 0.15) is 0 Å². The molecule has 0 aliphatic carbocycles. The maximum atomic E-state index is 3.90. The molecule has 0 aromatic carbocycles. The van der Waals surface area contributed by atoms with Crippen molar-refractivity contribution in [2.45, 2.75) is 0 Å². The monoisotopic (exact) mass is 223 g/mol. The Bertz CT molecular complexity index is 96.7. The van der Waals surface area contributed by atoms with Crippen LogP contribution in [0.2, 0.25) is 0 Å². The first-order valence-electron chi connectivity index (χ1n) is 2.78. The van der Waals surface area contributed by atoms with Crippen LogP contribution in [0.4, 0.5) is 0 Å². The van der Waals surface area contributed by atoms with Gasteiger partial charge in [-0.3, -0.25) is 4.90 Å². The lowest BCUT2D eigenvalue weighted by molar-refractivity contribution is 0.613. The van der Waals surface area contributed by atoms with Gasteiger partial charge in [-0.2, -0.15) is 0 Å². The summed E-state index contributed by atoms with van der Waals surface area (Å²) in [4.78, 5) is 2.38. The zero-order chi connectivity index (χ0) is 5.98. The Morgan fingerprint density at radius 1 is 1.62 bits per heavy atom. The van der Waals surface area contributed by atoms with Gasteiger partial charge < -0.3 is 0 Å². The van der Waals surface area contributed by atoms with E-state index >= 15 is 0 Å². The van der Waals surface area contributed by atoms with Crippen LogP contribution in [0.5, 0.6) is 0 Å². The second kappa shape index (κ2) is 2.82. The molecule has 0 aromatic rings. The summed E-state index contributed by atoms with van der Waals surface area (Å²) in [5, 5.41) is 0. The van der Waals surface area contributed by atoms with E-state index in [9.17, 15) is 0 Å². The van der Waals surface area contributed by atoms with Crippen molar-refractivity contribution in [3.05, 3.63) is 12.2 Å². The average Bonchev–Trinajstić information content (AvgIpc) is 2.50. The summed E-state index contributed by atoms with van der Waals surface area (Å²) in [5.41, 5.74) is 1.35. The SMILES string of the molecule is C=C(CI)CN1CC1. The largest absolute Gasteiger partial charge is 0.297 e. The Hall–Kier alpha value is 0.430. The first kappa shape index (κ1) is 6.55. The lowest BCUT2D eigenvalue weighted by Crippen LogP contribution is -2.01. The van der Waals surface area contributed by atoms with E-state index in [1.165, 1.54) is 18.7 Å². The highest BCUT2D eigenvalue weighted by molar-refractivity contribution is 14.1. The molecule has 1 nitrogen and oxygen atoms in total. The summed E-state index contributed by atoms with van der Waals surface area (Å²) in [7, 11) is 0. The molecular weight excluding hydrogens is 213 g/mol. The van der Waals surface area contributed by atoms with Crippen LogP contribution in [0.25, 0.3) is 0 Å². The topological polar surface area (TPSA) is 3.01 Å². The predicted molar refractivity (Wildman–Crippen MR) is 44.5 cm³/mol. The van der Waals surface area contributed by atoms with Gasteiger partial charge >= 0.3 is 0 Å². The molecular formula is C6H10IN. The number of rotatable bonds is 3. The third-order valence-corrected chi connectivity index (χ3v) is 2.25. The third-order valence-electron chi connectivity index (χ3n) is 1.18. The van der Waals surface area contributed by atoms with Crippen LogP contribution in [0.15, 0.2) is 12.2 Å². The molecule has 1 fully saturated rings. The summed E-state index contributed by atoms with van der Waals surface area (Å²) in [6.45, 7) is 7.61. The molecule has 1 aliphatic rings. The molecule has 0 bridgehead atoms. The van der Waals surface area contributed by atoms with Crippen molar-refractivity contribution in [2.75, 3.05) is 24.1 Å². The fraction of sp³-hybridized carbons (Fsp3) is 0.667. The Balaban J connectivity index is 2.07. The van der Waals surface area contributed by atoms with E-state index in [2.05, 4.69) is 34.1 Å². The standard InChI is InChI=1S/C6H10IN/c1-6(4-7)5-8-2-3-8/h1-5H2. The van der Waals surface area contributed by atoms with Gasteiger partial charge in [0.2, 0.25) is 0 Å². The van der Waals surface area contributed by atoms with E-state index in [1.807, 2.05) is 0 Å². The number of nitrogens with zero attached hydrogens (tertiary/aromatic N) is 1. The van der Waals surface area contributed by atoms with Gasteiger partial charge in [0.1, 0.15) is 0 Å². The Kier molecular flexibility index (Phi) is 2.31. The number of hydrogen-bond donors (Lipinski definition) is 0. The average molecular weight is 223 g/mol. The van der Waals surface area contributed by atoms with Crippen molar-refractivity contribution in [2.24, 2.45) is 0 Å². The summed E-state index contributed by atoms with van der Waals surface area (Å²) >= 11 is 2.35. The second-order valence-corrected chi connectivity index (χ2v) is 2.92. The molecule has 0 N–H and O–H groups in total. The van der Waals surface area contributed by atoms with E-state index in [4.69, 9.17) is 0 Å². The lowest BCUT2D eigenvalue weighted by Gasteiger charge is -1.98. The van der Waals surface area contributed by atoms with Gasteiger partial charge in [0, 0.05) is 24.1 Å². The van der Waals surface area contributed by atoms with Crippen molar-refractivity contribution in [1.82, 2.24) is 4.90 Å². The molecule has 1 saturated heterocycles. The third kappa shape index (κ3) is 2.13. The fourth-order valence-corrected chi connectivity index (χ4v) is 0.829. The van der Waals surface area contributed by atoms with Crippen LogP contribution in [-0.4, -0.2) is 29.0 Å². The molecule has 0 aromatic heterocycles. The zero-order valence-electron chi connectivity index (χ0n) is 4.86. The normalized spacial score (nSPS) is 18.6. The molecule has 0 saturated carbocycles. The molecule has 1 heterocycles. The molecule has 0 radical (unpaired) electrons. The highest BCUT2D eigenvalue weighted by atomic mass is 127. The summed E-state index contributed by atoms with van der Waals surface area (Å²) in [5.74, 6) is 0. The zero-order valence-corrected chi connectivity index (χ0v) is 7.02. The van der Waals surface area contributed by atoms with E-state index in [0.717, 1.165) is 11.0 Å². The minimum absolute atomic E-state index is 1.11. The molecule has 1 aliphatic heterocycles. The second-order valence-electron chi connectivity index (χ2n) is 2.16. The van der Waals surface area contributed by atoms with Crippen molar-refractivity contribution in [3.8, 4) is 0 Å². The Labute approximate surface area is 63.9 Å². The summed E-state index contributed by atoms with van der Waals surface area (Å²) in [6, 6.07) is 0. The molecule has 2 heteroatoms. The van der Waals surface area contributed by atoms with E-state index in [0.29, 0.717) is 0 Å². The number of alkyl halides is 1. The van der Waals surface area contributed by atoms with Crippen molar-refractivity contribution < 1.29 is 0 Å². The minimum Gasteiger partial charge on any atom is -0.297 e. The molecule has 0 unspecified atom stereocenters. The molecule has 8 heavy (non-hydrogen) atoms. The first-order chi connectivity index (χ1) is 3.83. The highest BCUT2D eigenvalue weighted by Gasteiger charge is 2.16. The molecule has 0 amide bonds. The van der Waals surface area contributed by atoms with Gasteiger partial charge in [0.05, 0.1) is 0 Å². The minimum atomic E-state index is 1.11. The molecule has 0 spiro atoms.